The lowest BCUT2D eigenvalue weighted by Gasteiger charge is -2.33. The fraction of sp³-hybridized carbons (Fsp3) is 0.846. The maximum atomic E-state index is 5.52. The van der Waals surface area contributed by atoms with Crippen LogP contribution >= 0.6 is 0 Å². The van der Waals surface area contributed by atoms with Crippen LogP contribution in [0.4, 0.5) is 0 Å². The molecule has 0 aromatic rings. The molecule has 0 fully saturated rings. The zero-order valence-electron chi connectivity index (χ0n) is 10.8. The van der Waals surface area contributed by atoms with Gasteiger partial charge in [-0.3, -0.25) is 0 Å². The van der Waals surface area contributed by atoms with Gasteiger partial charge in [0, 0.05) is 19.6 Å². The van der Waals surface area contributed by atoms with Crippen molar-refractivity contribution in [1.82, 2.24) is 5.32 Å². The predicted molar refractivity (Wildman–Crippen MR) is 65.9 cm³/mol. The van der Waals surface area contributed by atoms with Crippen LogP contribution in [-0.4, -0.2) is 25.3 Å². The first-order valence-electron chi connectivity index (χ1n) is 5.76. The van der Waals surface area contributed by atoms with E-state index in [1.54, 1.807) is 7.11 Å². The minimum atomic E-state index is -0.120. The molecule has 88 valence electrons. The first-order valence-corrected chi connectivity index (χ1v) is 5.76. The Bertz CT molecular complexity index is 212. The van der Waals surface area contributed by atoms with Gasteiger partial charge in [-0.1, -0.05) is 6.92 Å². The van der Waals surface area contributed by atoms with Gasteiger partial charge in [0.15, 0.2) is 0 Å². The van der Waals surface area contributed by atoms with Crippen molar-refractivity contribution >= 4 is 0 Å². The molecule has 0 heterocycles. The molecular weight excluding hydrogens is 186 g/mol. The highest BCUT2D eigenvalue weighted by atomic mass is 16.5. The number of methoxy groups -OCH3 is 1. The van der Waals surface area contributed by atoms with Crippen molar-refractivity contribution in [2.45, 2.75) is 58.6 Å². The van der Waals surface area contributed by atoms with E-state index < -0.39 is 0 Å². The molecule has 0 amide bonds. The summed E-state index contributed by atoms with van der Waals surface area (Å²) >= 11 is 0. The molecule has 0 radical (unpaired) electrons. The van der Waals surface area contributed by atoms with Gasteiger partial charge in [-0.15, -0.1) is 11.8 Å². The SMILES string of the molecule is CC#CCCC(NCCC)C(C)(C)OC. The summed E-state index contributed by atoms with van der Waals surface area (Å²) in [6.45, 7) is 9.35. The minimum absolute atomic E-state index is 0.120. The summed E-state index contributed by atoms with van der Waals surface area (Å²) in [5.41, 5.74) is -0.120. The van der Waals surface area contributed by atoms with E-state index in [0.717, 1.165) is 25.8 Å². The monoisotopic (exact) mass is 211 g/mol. The largest absolute Gasteiger partial charge is 0.377 e. The minimum Gasteiger partial charge on any atom is -0.377 e. The molecule has 1 unspecified atom stereocenters. The molecule has 2 nitrogen and oxygen atoms in total. The molecule has 0 aliphatic carbocycles. The van der Waals surface area contributed by atoms with Gasteiger partial charge in [0.2, 0.25) is 0 Å². The van der Waals surface area contributed by atoms with Crippen LogP contribution in [-0.2, 0) is 4.74 Å². The van der Waals surface area contributed by atoms with Crippen molar-refractivity contribution < 1.29 is 4.74 Å². The Morgan fingerprint density at radius 2 is 2.07 bits per heavy atom. The highest BCUT2D eigenvalue weighted by Crippen LogP contribution is 2.17. The molecule has 0 saturated carbocycles. The van der Waals surface area contributed by atoms with Crippen LogP contribution in [0.2, 0.25) is 0 Å². The molecule has 0 aliphatic rings. The van der Waals surface area contributed by atoms with Crippen molar-refractivity contribution in [3.8, 4) is 11.8 Å². The molecule has 0 bridgehead atoms. The van der Waals surface area contributed by atoms with Crippen molar-refractivity contribution in [2.75, 3.05) is 13.7 Å². The lowest BCUT2D eigenvalue weighted by molar-refractivity contribution is -0.0120. The van der Waals surface area contributed by atoms with Gasteiger partial charge in [-0.25, -0.2) is 0 Å². The molecule has 0 aromatic heterocycles. The molecular formula is C13H25NO. The lowest BCUT2D eigenvalue weighted by Crippen LogP contribution is -2.48. The van der Waals surface area contributed by atoms with Crippen LogP contribution in [0.25, 0.3) is 0 Å². The number of hydrogen-bond acceptors (Lipinski definition) is 2. The third-order valence-electron chi connectivity index (χ3n) is 2.74. The second-order valence-electron chi connectivity index (χ2n) is 4.28. The summed E-state index contributed by atoms with van der Waals surface area (Å²) in [5, 5.41) is 3.53. The molecule has 2 heteroatoms. The standard InChI is InChI=1S/C13H25NO/c1-6-8-9-10-12(14-11-7-2)13(3,4)15-5/h12,14H,7,9-11H2,1-5H3. The van der Waals surface area contributed by atoms with Crippen LogP contribution in [0.1, 0.15) is 47.0 Å². The summed E-state index contributed by atoms with van der Waals surface area (Å²) in [7, 11) is 1.77. The normalized spacial score (nSPS) is 13.1. The fourth-order valence-corrected chi connectivity index (χ4v) is 1.50. The first-order chi connectivity index (χ1) is 7.08. The van der Waals surface area contributed by atoms with Crippen molar-refractivity contribution in [1.29, 1.82) is 0 Å². The van der Waals surface area contributed by atoms with E-state index in [1.807, 2.05) is 6.92 Å². The molecule has 0 aromatic carbocycles. The zero-order valence-corrected chi connectivity index (χ0v) is 10.8. The second kappa shape index (κ2) is 7.73. The Morgan fingerprint density at radius 3 is 2.53 bits per heavy atom. The van der Waals surface area contributed by atoms with Gasteiger partial charge in [-0.05, 0) is 40.2 Å². The number of ether oxygens (including phenoxy) is 1. The summed E-state index contributed by atoms with van der Waals surface area (Å²) < 4.78 is 5.52. The molecule has 1 atom stereocenters. The number of hydrogen-bond donors (Lipinski definition) is 1. The Hall–Kier alpha value is -0.520. The zero-order chi connectivity index (χ0) is 11.7. The number of nitrogens with one attached hydrogen (secondary N) is 1. The average molecular weight is 211 g/mol. The van der Waals surface area contributed by atoms with E-state index in [2.05, 4.69) is 37.9 Å². The van der Waals surface area contributed by atoms with E-state index >= 15 is 0 Å². The Kier molecular flexibility index (Phi) is 7.46. The van der Waals surface area contributed by atoms with Gasteiger partial charge in [0.25, 0.3) is 0 Å². The van der Waals surface area contributed by atoms with E-state index in [1.165, 1.54) is 0 Å². The summed E-state index contributed by atoms with van der Waals surface area (Å²) in [6, 6.07) is 0.378. The van der Waals surface area contributed by atoms with Gasteiger partial charge >= 0.3 is 0 Å². The Balaban J connectivity index is 4.21. The lowest BCUT2D eigenvalue weighted by atomic mass is 9.94. The van der Waals surface area contributed by atoms with Crippen molar-refractivity contribution in [3.05, 3.63) is 0 Å². The van der Waals surface area contributed by atoms with Crippen molar-refractivity contribution in [3.63, 3.8) is 0 Å². The smallest absolute Gasteiger partial charge is 0.0775 e. The molecule has 15 heavy (non-hydrogen) atoms. The summed E-state index contributed by atoms with van der Waals surface area (Å²) in [6.07, 6.45) is 3.13. The van der Waals surface area contributed by atoms with E-state index in [-0.39, 0.29) is 5.60 Å². The molecule has 0 rings (SSSR count). The van der Waals surface area contributed by atoms with Crippen LogP contribution in [0.3, 0.4) is 0 Å². The van der Waals surface area contributed by atoms with Crippen LogP contribution in [0, 0.1) is 11.8 Å². The van der Waals surface area contributed by atoms with Gasteiger partial charge in [-0.2, -0.15) is 0 Å². The van der Waals surface area contributed by atoms with Gasteiger partial charge in [0.05, 0.1) is 5.60 Å². The molecule has 0 saturated heterocycles. The first kappa shape index (κ1) is 14.5. The van der Waals surface area contributed by atoms with Gasteiger partial charge < -0.3 is 10.1 Å². The van der Waals surface area contributed by atoms with Crippen molar-refractivity contribution in [2.24, 2.45) is 0 Å². The summed E-state index contributed by atoms with van der Waals surface area (Å²) in [4.78, 5) is 0. The highest BCUT2D eigenvalue weighted by molar-refractivity contribution is 4.97. The third kappa shape index (κ3) is 5.81. The third-order valence-corrected chi connectivity index (χ3v) is 2.74. The Labute approximate surface area is 94.8 Å². The Morgan fingerprint density at radius 1 is 1.40 bits per heavy atom. The van der Waals surface area contributed by atoms with E-state index in [0.29, 0.717) is 6.04 Å². The van der Waals surface area contributed by atoms with Crippen LogP contribution in [0.15, 0.2) is 0 Å². The second-order valence-corrected chi connectivity index (χ2v) is 4.28. The van der Waals surface area contributed by atoms with E-state index in [4.69, 9.17) is 4.74 Å². The molecule has 0 spiro atoms. The number of rotatable bonds is 7. The van der Waals surface area contributed by atoms with Crippen LogP contribution < -0.4 is 5.32 Å². The molecule has 1 N–H and O–H groups in total. The summed E-state index contributed by atoms with van der Waals surface area (Å²) in [5.74, 6) is 6.04. The van der Waals surface area contributed by atoms with E-state index in [9.17, 15) is 0 Å². The van der Waals surface area contributed by atoms with Crippen LogP contribution in [0.5, 0.6) is 0 Å². The maximum absolute atomic E-state index is 5.52. The highest BCUT2D eigenvalue weighted by Gasteiger charge is 2.27. The quantitative estimate of drug-likeness (QED) is 0.654. The molecule has 0 aliphatic heterocycles. The maximum Gasteiger partial charge on any atom is 0.0775 e. The fourth-order valence-electron chi connectivity index (χ4n) is 1.50. The average Bonchev–Trinajstić information content (AvgIpc) is 2.23. The van der Waals surface area contributed by atoms with Gasteiger partial charge in [0.1, 0.15) is 0 Å². The topological polar surface area (TPSA) is 21.3 Å². The predicted octanol–water partition coefficient (Wildman–Crippen LogP) is 2.58.